The molecule has 98 valence electrons. The molecule has 0 bridgehead atoms. The minimum absolute atomic E-state index is 0.706. The highest BCUT2D eigenvalue weighted by Gasteiger charge is 2.11. The molecule has 0 radical (unpaired) electrons. The SMILES string of the molecule is CCCc1nc2c(C)cc(CCOC)nc2n1C. The first kappa shape index (κ1) is 13.0. The summed E-state index contributed by atoms with van der Waals surface area (Å²) in [4.78, 5) is 9.39. The van der Waals surface area contributed by atoms with Crippen molar-refractivity contribution in [3.05, 3.63) is 23.1 Å². The van der Waals surface area contributed by atoms with Gasteiger partial charge in [0.1, 0.15) is 11.3 Å². The highest BCUT2D eigenvalue weighted by molar-refractivity contribution is 5.75. The molecule has 2 heterocycles. The Kier molecular flexibility index (Phi) is 3.97. The van der Waals surface area contributed by atoms with E-state index in [1.165, 1.54) is 5.56 Å². The van der Waals surface area contributed by atoms with Crippen LogP contribution in [-0.2, 0) is 24.6 Å². The van der Waals surface area contributed by atoms with Crippen LogP contribution in [0.2, 0.25) is 0 Å². The van der Waals surface area contributed by atoms with E-state index in [-0.39, 0.29) is 0 Å². The van der Waals surface area contributed by atoms with Gasteiger partial charge >= 0.3 is 0 Å². The number of nitrogens with zero attached hydrogens (tertiary/aromatic N) is 3. The van der Waals surface area contributed by atoms with E-state index in [1.807, 2.05) is 7.05 Å². The predicted octanol–water partition coefficient (Wildman–Crippen LogP) is 2.42. The van der Waals surface area contributed by atoms with Crippen molar-refractivity contribution in [2.45, 2.75) is 33.1 Å². The zero-order valence-corrected chi connectivity index (χ0v) is 11.7. The molecule has 2 aromatic rings. The van der Waals surface area contributed by atoms with E-state index >= 15 is 0 Å². The van der Waals surface area contributed by atoms with E-state index in [0.29, 0.717) is 6.61 Å². The van der Waals surface area contributed by atoms with E-state index in [4.69, 9.17) is 14.7 Å². The second-order valence-electron chi connectivity index (χ2n) is 4.68. The fourth-order valence-corrected chi connectivity index (χ4v) is 2.20. The quantitative estimate of drug-likeness (QED) is 0.814. The van der Waals surface area contributed by atoms with Crippen LogP contribution in [0.5, 0.6) is 0 Å². The zero-order chi connectivity index (χ0) is 13.1. The summed E-state index contributed by atoms with van der Waals surface area (Å²) in [7, 11) is 3.77. The van der Waals surface area contributed by atoms with Crippen molar-refractivity contribution in [2.24, 2.45) is 7.05 Å². The summed E-state index contributed by atoms with van der Waals surface area (Å²) in [5, 5.41) is 0. The van der Waals surface area contributed by atoms with Crippen LogP contribution in [0.4, 0.5) is 0 Å². The molecule has 4 heteroatoms. The Labute approximate surface area is 108 Å². The van der Waals surface area contributed by atoms with E-state index in [2.05, 4.69) is 24.5 Å². The molecule has 0 atom stereocenters. The fraction of sp³-hybridized carbons (Fsp3) is 0.571. The molecule has 4 nitrogen and oxygen atoms in total. The van der Waals surface area contributed by atoms with Gasteiger partial charge in [0, 0.05) is 32.7 Å². The highest BCUT2D eigenvalue weighted by atomic mass is 16.5. The topological polar surface area (TPSA) is 39.9 Å². The van der Waals surface area contributed by atoms with Gasteiger partial charge in [0.2, 0.25) is 0 Å². The second-order valence-corrected chi connectivity index (χ2v) is 4.68. The number of fused-ring (bicyclic) bond motifs is 1. The normalized spacial score (nSPS) is 11.3. The maximum Gasteiger partial charge on any atom is 0.160 e. The summed E-state index contributed by atoms with van der Waals surface area (Å²) in [5.41, 5.74) is 4.30. The van der Waals surface area contributed by atoms with Gasteiger partial charge in [-0.15, -0.1) is 0 Å². The summed E-state index contributed by atoms with van der Waals surface area (Å²) in [6.07, 6.45) is 2.95. The maximum atomic E-state index is 5.11. The Hall–Kier alpha value is -1.42. The number of rotatable bonds is 5. The molecular weight excluding hydrogens is 226 g/mol. The van der Waals surface area contributed by atoms with Crippen molar-refractivity contribution in [1.82, 2.24) is 14.5 Å². The fourth-order valence-electron chi connectivity index (χ4n) is 2.20. The van der Waals surface area contributed by atoms with E-state index in [0.717, 1.165) is 41.9 Å². The third-order valence-corrected chi connectivity index (χ3v) is 3.20. The predicted molar refractivity (Wildman–Crippen MR) is 72.8 cm³/mol. The monoisotopic (exact) mass is 247 g/mol. The van der Waals surface area contributed by atoms with Crippen molar-refractivity contribution < 1.29 is 4.74 Å². The molecule has 2 aromatic heterocycles. The lowest BCUT2D eigenvalue weighted by atomic mass is 10.2. The molecule has 2 rings (SSSR count). The van der Waals surface area contributed by atoms with Crippen LogP contribution in [0.1, 0.15) is 30.4 Å². The smallest absolute Gasteiger partial charge is 0.160 e. The Morgan fingerprint density at radius 2 is 2.06 bits per heavy atom. The van der Waals surface area contributed by atoms with Crippen LogP contribution < -0.4 is 0 Å². The van der Waals surface area contributed by atoms with Gasteiger partial charge < -0.3 is 9.30 Å². The molecular formula is C14H21N3O. The van der Waals surface area contributed by atoms with Gasteiger partial charge in [-0.25, -0.2) is 9.97 Å². The summed E-state index contributed by atoms with van der Waals surface area (Å²) in [6, 6.07) is 2.12. The van der Waals surface area contributed by atoms with Crippen LogP contribution in [0, 0.1) is 6.92 Å². The lowest BCUT2D eigenvalue weighted by molar-refractivity contribution is 0.201. The van der Waals surface area contributed by atoms with Gasteiger partial charge in [-0.2, -0.15) is 0 Å². The molecule has 0 aliphatic carbocycles. The average molecular weight is 247 g/mol. The van der Waals surface area contributed by atoms with Gasteiger partial charge in [-0.3, -0.25) is 0 Å². The summed E-state index contributed by atoms with van der Waals surface area (Å²) >= 11 is 0. The third-order valence-electron chi connectivity index (χ3n) is 3.20. The van der Waals surface area contributed by atoms with Gasteiger partial charge in [0.05, 0.1) is 6.61 Å². The first-order valence-corrected chi connectivity index (χ1v) is 6.48. The maximum absolute atomic E-state index is 5.11. The van der Waals surface area contributed by atoms with Gasteiger partial charge in [-0.05, 0) is 25.0 Å². The van der Waals surface area contributed by atoms with E-state index < -0.39 is 0 Å². The molecule has 0 saturated carbocycles. The van der Waals surface area contributed by atoms with E-state index in [9.17, 15) is 0 Å². The number of imidazole rings is 1. The molecule has 0 aliphatic heterocycles. The Balaban J connectivity index is 2.46. The van der Waals surface area contributed by atoms with Crippen molar-refractivity contribution in [2.75, 3.05) is 13.7 Å². The minimum Gasteiger partial charge on any atom is -0.384 e. The lowest BCUT2D eigenvalue weighted by Gasteiger charge is -2.04. The van der Waals surface area contributed by atoms with E-state index in [1.54, 1.807) is 7.11 Å². The molecule has 0 aromatic carbocycles. The minimum atomic E-state index is 0.706. The standard InChI is InChI=1S/C14H21N3O/c1-5-6-12-16-13-10(2)9-11(7-8-18-4)15-14(13)17(12)3/h9H,5-8H2,1-4H3. The van der Waals surface area contributed by atoms with Crippen LogP contribution in [0.15, 0.2) is 6.07 Å². The number of aromatic nitrogens is 3. The molecule has 0 aliphatic rings. The van der Waals surface area contributed by atoms with Crippen molar-refractivity contribution in [1.29, 1.82) is 0 Å². The van der Waals surface area contributed by atoms with Crippen LogP contribution >= 0.6 is 0 Å². The van der Waals surface area contributed by atoms with Gasteiger partial charge in [0.15, 0.2) is 5.65 Å². The zero-order valence-electron chi connectivity index (χ0n) is 11.7. The Morgan fingerprint density at radius 3 is 2.72 bits per heavy atom. The first-order chi connectivity index (χ1) is 8.67. The van der Waals surface area contributed by atoms with Crippen LogP contribution in [0.25, 0.3) is 11.2 Å². The number of methoxy groups -OCH3 is 1. The van der Waals surface area contributed by atoms with Crippen LogP contribution in [-0.4, -0.2) is 28.3 Å². The molecule has 0 spiro atoms. The Bertz CT molecular complexity index is 545. The largest absolute Gasteiger partial charge is 0.384 e. The molecule has 18 heavy (non-hydrogen) atoms. The van der Waals surface area contributed by atoms with Crippen molar-refractivity contribution >= 4 is 11.2 Å². The van der Waals surface area contributed by atoms with Crippen molar-refractivity contribution in [3.63, 3.8) is 0 Å². The second kappa shape index (κ2) is 5.48. The average Bonchev–Trinajstić information content (AvgIpc) is 2.66. The molecule has 0 amide bonds. The number of aryl methyl sites for hydroxylation is 3. The third kappa shape index (κ3) is 2.38. The van der Waals surface area contributed by atoms with Crippen molar-refractivity contribution in [3.8, 4) is 0 Å². The number of hydrogen-bond acceptors (Lipinski definition) is 3. The molecule has 0 saturated heterocycles. The van der Waals surface area contributed by atoms with Gasteiger partial charge in [-0.1, -0.05) is 6.92 Å². The summed E-state index contributed by atoms with van der Waals surface area (Å²) in [6.45, 7) is 4.98. The number of ether oxygens (including phenoxy) is 1. The lowest BCUT2D eigenvalue weighted by Crippen LogP contribution is -2.01. The van der Waals surface area contributed by atoms with Gasteiger partial charge in [0.25, 0.3) is 0 Å². The summed E-state index contributed by atoms with van der Waals surface area (Å²) < 4.78 is 7.22. The highest BCUT2D eigenvalue weighted by Crippen LogP contribution is 2.19. The number of hydrogen-bond donors (Lipinski definition) is 0. The molecule has 0 fully saturated rings. The Morgan fingerprint density at radius 1 is 1.28 bits per heavy atom. The number of pyridine rings is 1. The van der Waals surface area contributed by atoms with Crippen LogP contribution in [0.3, 0.4) is 0 Å². The summed E-state index contributed by atoms with van der Waals surface area (Å²) in [5.74, 6) is 1.12. The molecule has 0 N–H and O–H groups in total. The first-order valence-electron chi connectivity index (χ1n) is 6.48. The molecule has 0 unspecified atom stereocenters.